The van der Waals surface area contributed by atoms with Crippen molar-refractivity contribution in [1.29, 1.82) is 0 Å². The smallest absolute Gasteiger partial charge is 0.370 e. The molecule has 3 aromatic heterocycles. The minimum atomic E-state index is -4.46. The van der Waals surface area contributed by atoms with E-state index in [0.717, 1.165) is 17.3 Å². The molecule has 0 amide bonds. The number of hydrogen-bond acceptors (Lipinski definition) is 6. The monoisotopic (exact) mass is 453 g/mol. The lowest BCUT2D eigenvalue weighted by molar-refractivity contribution is -0.137. The van der Waals surface area contributed by atoms with Crippen LogP contribution in [0.15, 0.2) is 30.9 Å². The van der Waals surface area contributed by atoms with Gasteiger partial charge in [0.25, 0.3) is 6.43 Å². The van der Waals surface area contributed by atoms with E-state index >= 15 is 0 Å². The lowest BCUT2D eigenvalue weighted by atomic mass is 9.89. The second-order valence-electron chi connectivity index (χ2n) is 8.21. The summed E-state index contributed by atoms with van der Waals surface area (Å²) in [5, 5.41) is 3.94. The Morgan fingerprint density at radius 2 is 1.81 bits per heavy atom. The van der Waals surface area contributed by atoms with E-state index in [-0.39, 0.29) is 17.5 Å². The fourth-order valence-corrected chi connectivity index (χ4v) is 4.71. The predicted molar refractivity (Wildman–Crippen MR) is 107 cm³/mol. The van der Waals surface area contributed by atoms with Crippen molar-refractivity contribution >= 4 is 22.7 Å². The van der Waals surface area contributed by atoms with Crippen molar-refractivity contribution in [2.24, 2.45) is 11.8 Å². The minimum Gasteiger partial charge on any atom is -0.370 e. The number of hydrogen-bond donors (Lipinski definition) is 0. The van der Waals surface area contributed by atoms with Gasteiger partial charge in [0.05, 0.1) is 23.6 Å². The molecule has 0 bridgehead atoms. The number of rotatable bonds is 4. The third-order valence-electron chi connectivity index (χ3n) is 6.21. The number of nitrogens with zero attached hydrogens (tertiary/aromatic N) is 7. The molecular weight excluding hydrogens is 433 g/mol. The molecule has 1 unspecified atom stereocenters. The molecule has 3 aromatic rings. The molecule has 0 spiro atoms. The van der Waals surface area contributed by atoms with E-state index < -0.39 is 24.7 Å². The van der Waals surface area contributed by atoms with E-state index in [9.17, 15) is 22.0 Å². The van der Waals surface area contributed by atoms with Gasteiger partial charge < -0.3 is 9.80 Å². The molecule has 2 atom stereocenters. The highest BCUT2D eigenvalue weighted by atomic mass is 19.4. The molecule has 2 aliphatic heterocycles. The second kappa shape index (κ2) is 7.82. The van der Waals surface area contributed by atoms with Crippen molar-refractivity contribution in [2.75, 3.05) is 36.0 Å². The summed E-state index contributed by atoms with van der Waals surface area (Å²) in [6, 6.07) is 1.42. The van der Waals surface area contributed by atoms with Gasteiger partial charge in [-0.15, -0.1) is 0 Å². The number of anilines is 2. The summed E-state index contributed by atoms with van der Waals surface area (Å²) >= 11 is 0. The van der Waals surface area contributed by atoms with E-state index in [0.29, 0.717) is 43.2 Å². The van der Waals surface area contributed by atoms with Gasteiger partial charge in [0.1, 0.15) is 17.9 Å². The quantitative estimate of drug-likeness (QED) is 0.564. The van der Waals surface area contributed by atoms with E-state index in [2.05, 4.69) is 20.1 Å². The zero-order valence-electron chi connectivity index (χ0n) is 16.9. The van der Waals surface area contributed by atoms with Crippen LogP contribution in [0.3, 0.4) is 0 Å². The SMILES string of the molecule is FC(F)Cn1ncc2ncc(N3CC[C@@H]4CN(c5ccncc5C(F)(F)F)CC4C3)nc21. The first-order valence-corrected chi connectivity index (χ1v) is 10.3. The summed E-state index contributed by atoms with van der Waals surface area (Å²) in [5.41, 5.74) is 0.169. The molecule has 0 saturated carbocycles. The molecule has 2 aliphatic rings. The van der Waals surface area contributed by atoms with Crippen molar-refractivity contribution in [3.63, 3.8) is 0 Å². The van der Waals surface area contributed by atoms with Gasteiger partial charge in [-0.25, -0.2) is 23.4 Å². The summed E-state index contributed by atoms with van der Waals surface area (Å²) in [4.78, 5) is 16.3. The van der Waals surface area contributed by atoms with Gasteiger partial charge in [0, 0.05) is 38.6 Å². The Labute approximate surface area is 179 Å². The van der Waals surface area contributed by atoms with Crippen LogP contribution >= 0.6 is 0 Å². The highest BCUT2D eigenvalue weighted by Gasteiger charge is 2.41. The highest BCUT2D eigenvalue weighted by Crippen LogP contribution is 2.40. The van der Waals surface area contributed by atoms with Gasteiger partial charge in [-0.2, -0.15) is 18.3 Å². The molecule has 7 nitrogen and oxygen atoms in total. The third-order valence-corrected chi connectivity index (χ3v) is 6.21. The fraction of sp³-hybridized carbons (Fsp3) is 0.500. The first-order chi connectivity index (χ1) is 15.3. The molecule has 5 heterocycles. The predicted octanol–water partition coefficient (Wildman–Crippen LogP) is 3.47. The Kier molecular flexibility index (Phi) is 5.09. The van der Waals surface area contributed by atoms with Crippen molar-refractivity contribution in [1.82, 2.24) is 24.7 Å². The molecule has 0 N–H and O–H groups in total. The molecule has 5 rings (SSSR count). The number of pyridine rings is 1. The molecular formula is C20H20F5N7. The number of aromatic nitrogens is 5. The number of halogens is 5. The second-order valence-corrected chi connectivity index (χ2v) is 8.21. The lowest BCUT2D eigenvalue weighted by Gasteiger charge is -2.34. The Bertz CT molecular complexity index is 1120. The van der Waals surface area contributed by atoms with Gasteiger partial charge in [-0.3, -0.25) is 4.98 Å². The Hall–Kier alpha value is -3.05. The zero-order chi connectivity index (χ0) is 22.5. The summed E-state index contributed by atoms with van der Waals surface area (Å²) in [6.07, 6.45) is -0.974. The van der Waals surface area contributed by atoms with Crippen LogP contribution in [0.25, 0.3) is 11.2 Å². The molecule has 12 heteroatoms. The normalized spacial score (nSPS) is 21.6. The van der Waals surface area contributed by atoms with E-state index in [1.54, 1.807) is 11.1 Å². The van der Waals surface area contributed by atoms with Gasteiger partial charge in [-0.1, -0.05) is 0 Å². The van der Waals surface area contributed by atoms with Crippen LogP contribution in [0.2, 0.25) is 0 Å². The van der Waals surface area contributed by atoms with Crippen LogP contribution in [-0.4, -0.2) is 57.3 Å². The standard InChI is InChI=1S/C20H20F5N7/c21-17(22)11-32-19-15(6-28-32)27-7-18(29-19)30-4-2-12-8-31(10-13(12)9-30)16-1-3-26-5-14(16)20(23,24)25/h1,3,5-7,12-13,17H,2,4,8-11H2/t12-,13?/m1/s1. The van der Waals surface area contributed by atoms with Crippen LogP contribution in [-0.2, 0) is 12.7 Å². The fourth-order valence-electron chi connectivity index (χ4n) is 4.71. The first kappa shape index (κ1) is 20.8. The highest BCUT2D eigenvalue weighted by molar-refractivity contribution is 5.71. The van der Waals surface area contributed by atoms with Crippen molar-refractivity contribution < 1.29 is 22.0 Å². The van der Waals surface area contributed by atoms with Crippen LogP contribution in [0, 0.1) is 11.8 Å². The molecule has 2 saturated heterocycles. The first-order valence-electron chi connectivity index (χ1n) is 10.3. The number of piperidine rings is 1. The summed E-state index contributed by atoms with van der Waals surface area (Å²) in [5.74, 6) is 0.980. The Morgan fingerprint density at radius 1 is 1.03 bits per heavy atom. The van der Waals surface area contributed by atoms with E-state index in [1.165, 1.54) is 18.5 Å². The zero-order valence-corrected chi connectivity index (χ0v) is 16.9. The van der Waals surface area contributed by atoms with Gasteiger partial charge >= 0.3 is 6.18 Å². The largest absolute Gasteiger partial charge is 0.419 e. The summed E-state index contributed by atoms with van der Waals surface area (Å²) in [6.45, 7) is 1.76. The van der Waals surface area contributed by atoms with E-state index in [4.69, 9.17) is 0 Å². The van der Waals surface area contributed by atoms with Crippen molar-refractivity contribution in [2.45, 2.75) is 25.6 Å². The Balaban J connectivity index is 1.35. The van der Waals surface area contributed by atoms with Crippen molar-refractivity contribution in [3.8, 4) is 0 Å². The summed E-state index contributed by atoms with van der Waals surface area (Å²) in [7, 11) is 0. The maximum absolute atomic E-state index is 13.4. The van der Waals surface area contributed by atoms with Gasteiger partial charge in [0.2, 0.25) is 0 Å². The molecule has 2 fully saturated rings. The van der Waals surface area contributed by atoms with Crippen LogP contribution in [0.1, 0.15) is 12.0 Å². The van der Waals surface area contributed by atoms with Crippen molar-refractivity contribution in [3.05, 3.63) is 36.4 Å². The number of fused-ring (bicyclic) bond motifs is 2. The molecule has 170 valence electrons. The maximum Gasteiger partial charge on any atom is 0.419 e. The van der Waals surface area contributed by atoms with Crippen LogP contribution < -0.4 is 9.80 Å². The van der Waals surface area contributed by atoms with Crippen LogP contribution in [0.4, 0.5) is 33.5 Å². The molecule has 32 heavy (non-hydrogen) atoms. The van der Waals surface area contributed by atoms with Gasteiger partial charge in [-0.05, 0) is 24.3 Å². The maximum atomic E-state index is 13.4. The minimum absolute atomic E-state index is 0.154. The lowest BCUT2D eigenvalue weighted by Crippen LogP contribution is -2.40. The molecule has 0 aromatic carbocycles. The van der Waals surface area contributed by atoms with Crippen LogP contribution in [0.5, 0.6) is 0 Å². The third kappa shape index (κ3) is 3.82. The van der Waals surface area contributed by atoms with Gasteiger partial charge in [0.15, 0.2) is 5.65 Å². The topological polar surface area (TPSA) is 63.0 Å². The average molecular weight is 453 g/mol. The Morgan fingerprint density at radius 3 is 2.59 bits per heavy atom. The molecule has 0 radical (unpaired) electrons. The molecule has 0 aliphatic carbocycles. The average Bonchev–Trinajstić information content (AvgIpc) is 3.36. The number of alkyl halides is 5. The van der Waals surface area contributed by atoms with E-state index in [1.807, 2.05) is 4.90 Å². The summed E-state index contributed by atoms with van der Waals surface area (Å²) < 4.78 is 67.0.